The second kappa shape index (κ2) is 6.57. The summed E-state index contributed by atoms with van der Waals surface area (Å²) < 4.78 is 5.29. The molecule has 0 aliphatic carbocycles. The van der Waals surface area contributed by atoms with Crippen LogP contribution in [-0.2, 0) is 16.0 Å². The highest BCUT2D eigenvalue weighted by Crippen LogP contribution is 2.35. The number of H-pyrrole nitrogens is 1. The first-order chi connectivity index (χ1) is 12.3. The van der Waals surface area contributed by atoms with Gasteiger partial charge in [0.1, 0.15) is 12.6 Å². The SMILES string of the molecule is C=CCOC(=O)[C@@H]1Cc2c([nH]c3ccccc23)[C@H](c2ccccc2)N1. The zero-order chi connectivity index (χ0) is 17.2. The van der Waals surface area contributed by atoms with Crippen LogP contribution in [0, 0.1) is 0 Å². The number of aromatic nitrogens is 1. The van der Waals surface area contributed by atoms with E-state index in [0.717, 1.165) is 16.8 Å². The second-order valence-corrected chi connectivity index (χ2v) is 6.25. The number of hydrogen-bond donors (Lipinski definition) is 2. The number of esters is 1. The quantitative estimate of drug-likeness (QED) is 0.568. The van der Waals surface area contributed by atoms with E-state index in [1.807, 2.05) is 30.3 Å². The summed E-state index contributed by atoms with van der Waals surface area (Å²) in [7, 11) is 0. The average molecular weight is 332 g/mol. The third kappa shape index (κ3) is 2.85. The van der Waals surface area contributed by atoms with Crippen molar-refractivity contribution in [1.82, 2.24) is 10.3 Å². The molecule has 3 aromatic rings. The van der Waals surface area contributed by atoms with Gasteiger partial charge in [-0.2, -0.15) is 0 Å². The van der Waals surface area contributed by atoms with Crippen molar-refractivity contribution in [3.05, 3.63) is 84.1 Å². The van der Waals surface area contributed by atoms with Gasteiger partial charge in [0.2, 0.25) is 0 Å². The highest BCUT2D eigenvalue weighted by atomic mass is 16.5. The van der Waals surface area contributed by atoms with Crippen LogP contribution in [0.5, 0.6) is 0 Å². The van der Waals surface area contributed by atoms with Crippen molar-refractivity contribution < 1.29 is 9.53 Å². The zero-order valence-corrected chi connectivity index (χ0v) is 13.9. The van der Waals surface area contributed by atoms with Crippen LogP contribution < -0.4 is 5.32 Å². The lowest BCUT2D eigenvalue weighted by Gasteiger charge is -2.30. The molecule has 1 aliphatic heterocycles. The fourth-order valence-electron chi connectivity index (χ4n) is 3.54. The minimum absolute atomic E-state index is 0.0707. The summed E-state index contributed by atoms with van der Waals surface area (Å²) in [6, 6.07) is 17.9. The van der Waals surface area contributed by atoms with E-state index in [2.05, 4.69) is 41.1 Å². The number of para-hydroxylation sites is 1. The molecule has 126 valence electrons. The molecule has 0 fully saturated rings. The molecule has 0 bridgehead atoms. The summed E-state index contributed by atoms with van der Waals surface area (Å²) in [5, 5.41) is 4.62. The van der Waals surface area contributed by atoms with E-state index in [0.29, 0.717) is 6.42 Å². The number of rotatable bonds is 4. The fraction of sp³-hybridized carbons (Fsp3) is 0.190. The molecular weight excluding hydrogens is 312 g/mol. The van der Waals surface area contributed by atoms with Crippen LogP contribution in [0.4, 0.5) is 0 Å². The summed E-state index contributed by atoms with van der Waals surface area (Å²) in [5.41, 5.74) is 4.52. The number of benzene rings is 2. The Bertz CT molecular complexity index is 914. The van der Waals surface area contributed by atoms with Gasteiger partial charge in [0.05, 0.1) is 6.04 Å². The van der Waals surface area contributed by atoms with Crippen molar-refractivity contribution in [1.29, 1.82) is 0 Å². The molecule has 2 heterocycles. The van der Waals surface area contributed by atoms with Crippen LogP contribution in [0.2, 0.25) is 0 Å². The fourth-order valence-corrected chi connectivity index (χ4v) is 3.54. The summed E-state index contributed by atoms with van der Waals surface area (Å²) in [4.78, 5) is 16.0. The van der Waals surface area contributed by atoms with Gasteiger partial charge < -0.3 is 9.72 Å². The smallest absolute Gasteiger partial charge is 0.323 e. The number of nitrogens with one attached hydrogen (secondary N) is 2. The first-order valence-electron chi connectivity index (χ1n) is 8.46. The first kappa shape index (κ1) is 15.7. The third-order valence-electron chi connectivity index (χ3n) is 4.67. The lowest BCUT2D eigenvalue weighted by Crippen LogP contribution is -2.45. The highest BCUT2D eigenvalue weighted by Gasteiger charge is 2.34. The van der Waals surface area contributed by atoms with Gasteiger partial charge in [-0.05, 0) is 17.2 Å². The van der Waals surface area contributed by atoms with E-state index < -0.39 is 0 Å². The van der Waals surface area contributed by atoms with Crippen LogP contribution in [0.3, 0.4) is 0 Å². The normalized spacial score (nSPS) is 19.4. The monoisotopic (exact) mass is 332 g/mol. The van der Waals surface area contributed by atoms with Crippen molar-refractivity contribution in [2.45, 2.75) is 18.5 Å². The molecule has 0 spiro atoms. The van der Waals surface area contributed by atoms with E-state index >= 15 is 0 Å². The molecule has 0 saturated heterocycles. The topological polar surface area (TPSA) is 54.1 Å². The van der Waals surface area contributed by atoms with Crippen molar-refractivity contribution in [3.8, 4) is 0 Å². The Morgan fingerprint density at radius 2 is 1.92 bits per heavy atom. The molecule has 4 rings (SSSR count). The third-order valence-corrected chi connectivity index (χ3v) is 4.67. The molecule has 0 radical (unpaired) electrons. The van der Waals surface area contributed by atoms with Crippen LogP contribution in [0.15, 0.2) is 67.3 Å². The van der Waals surface area contributed by atoms with Crippen LogP contribution in [0.25, 0.3) is 10.9 Å². The van der Waals surface area contributed by atoms with Gasteiger partial charge in [-0.25, -0.2) is 0 Å². The molecule has 4 nitrogen and oxygen atoms in total. The van der Waals surface area contributed by atoms with Crippen molar-refractivity contribution in [3.63, 3.8) is 0 Å². The second-order valence-electron chi connectivity index (χ2n) is 6.25. The Morgan fingerprint density at radius 1 is 1.16 bits per heavy atom. The van der Waals surface area contributed by atoms with Crippen molar-refractivity contribution >= 4 is 16.9 Å². The van der Waals surface area contributed by atoms with Gasteiger partial charge >= 0.3 is 5.97 Å². The van der Waals surface area contributed by atoms with Crippen LogP contribution in [0.1, 0.15) is 22.9 Å². The largest absolute Gasteiger partial charge is 0.460 e. The zero-order valence-electron chi connectivity index (χ0n) is 13.9. The number of carbonyl (C=O) groups excluding carboxylic acids is 1. The number of aromatic amines is 1. The molecule has 4 heteroatoms. The maximum Gasteiger partial charge on any atom is 0.323 e. The predicted octanol–water partition coefficient (Wildman–Crippen LogP) is 3.50. The van der Waals surface area contributed by atoms with E-state index in [4.69, 9.17) is 4.74 Å². The van der Waals surface area contributed by atoms with Gasteiger partial charge in [-0.15, -0.1) is 0 Å². The van der Waals surface area contributed by atoms with Gasteiger partial charge in [0, 0.05) is 23.0 Å². The van der Waals surface area contributed by atoms with E-state index in [1.54, 1.807) is 6.08 Å². The summed E-state index contributed by atoms with van der Waals surface area (Å²) in [5.74, 6) is -0.239. The van der Waals surface area contributed by atoms with Gasteiger partial charge in [0.15, 0.2) is 0 Å². The maximum absolute atomic E-state index is 12.5. The van der Waals surface area contributed by atoms with E-state index in [-0.39, 0.29) is 24.7 Å². The van der Waals surface area contributed by atoms with Crippen molar-refractivity contribution in [2.24, 2.45) is 0 Å². The molecule has 0 amide bonds. The number of fused-ring (bicyclic) bond motifs is 3. The number of ether oxygens (including phenoxy) is 1. The minimum atomic E-state index is -0.378. The Hall–Kier alpha value is -2.85. The molecular formula is C21H20N2O2. The molecule has 0 saturated carbocycles. The molecule has 1 aromatic heterocycles. The van der Waals surface area contributed by atoms with Crippen molar-refractivity contribution in [2.75, 3.05) is 6.61 Å². The minimum Gasteiger partial charge on any atom is -0.460 e. The van der Waals surface area contributed by atoms with E-state index in [1.165, 1.54) is 10.9 Å². The molecule has 25 heavy (non-hydrogen) atoms. The maximum atomic E-state index is 12.5. The van der Waals surface area contributed by atoms with Crippen LogP contribution in [-0.4, -0.2) is 23.6 Å². The lowest BCUT2D eigenvalue weighted by atomic mass is 9.90. The Labute approximate surface area is 146 Å². The van der Waals surface area contributed by atoms with E-state index in [9.17, 15) is 4.79 Å². The Kier molecular flexibility index (Phi) is 4.12. The van der Waals surface area contributed by atoms with Gasteiger partial charge in [-0.3, -0.25) is 10.1 Å². The van der Waals surface area contributed by atoms with Gasteiger partial charge in [-0.1, -0.05) is 61.2 Å². The summed E-state index contributed by atoms with van der Waals surface area (Å²) in [6.45, 7) is 3.84. The molecule has 0 unspecified atom stereocenters. The predicted molar refractivity (Wildman–Crippen MR) is 98.4 cm³/mol. The highest BCUT2D eigenvalue weighted by molar-refractivity contribution is 5.87. The lowest BCUT2D eigenvalue weighted by molar-refractivity contribution is -0.145. The van der Waals surface area contributed by atoms with Gasteiger partial charge in [0.25, 0.3) is 0 Å². The molecule has 2 aromatic carbocycles. The standard InChI is InChI=1S/C21H20N2O2/c1-2-12-25-21(24)18-13-16-15-10-6-7-11-17(15)22-20(16)19(23-18)14-8-4-3-5-9-14/h2-11,18-19,22-23H,1,12-13H2/t18-,19-/m0/s1. The number of hydrogen-bond acceptors (Lipinski definition) is 3. The Balaban J connectivity index is 1.79. The van der Waals surface area contributed by atoms with Crippen LogP contribution >= 0.6 is 0 Å². The summed E-state index contributed by atoms with van der Waals surface area (Å²) in [6.07, 6.45) is 2.20. The summed E-state index contributed by atoms with van der Waals surface area (Å²) >= 11 is 0. The molecule has 1 aliphatic rings. The molecule has 2 atom stereocenters. The average Bonchev–Trinajstić information content (AvgIpc) is 3.04. The number of carbonyl (C=O) groups is 1. The first-order valence-corrected chi connectivity index (χ1v) is 8.46. The Morgan fingerprint density at radius 3 is 2.72 bits per heavy atom. The molecule has 2 N–H and O–H groups in total.